The standard InChI is InChI=1S/C13H18ClN3O2/c1-3-4-11(15)13(19)17-8-5-6-10(14)9(7-8)12(18)16-2/h5-7,11H,3-4,15H2,1-2H3,(H,16,18)(H,17,19). The van der Waals surface area contributed by atoms with Crippen LogP contribution in [0.5, 0.6) is 0 Å². The third-order valence-electron chi connectivity index (χ3n) is 2.64. The van der Waals surface area contributed by atoms with Crippen LogP contribution in [0.2, 0.25) is 5.02 Å². The fraction of sp³-hybridized carbons (Fsp3) is 0.385. The van der Waals surface area contributed by atoms with Crippen LogP contribution in [0.25, 0.3) is 0 Å². The lowest BCUT2D eigenvalue weighted by Crippen LogP contribution is -2.35. The molecule has 0 aliphatic carbocycles. The molecule has 4 N–H and O–H groups in total. The summed E-state index contributed by atoms with van der Waals surface area (Å²) >= 11 is 5.92. The predicted octanol–water partition coefficient (Wildman–Crippen LogP) is 1.77. The van der Waals surface area contributed by atoms with E-state index in [2.05, 4.69) is 10.6 Å². The maximum absolute atomic E-state index is 11.8. The summed E-state index contributed by atoms with van der Waals surface area (Å²) in [6.07, 6.45) is 1.44. The van der Waals surface area contributed by atoms with Gasteiger partial charge < -0.3 is 16.4 Å². The Hall–Kier alpha value is -1.59. The number of nitrogens with one attached hydrogen (secondary N) is 2. The number of nitrogens with two attached hydrogens (primary N) is 1. The molecule has 5 nitrogen and oxygen atoms in total. The molecule has 0 fully saturated rings. The number of carbonyl (C=O) groups is 2. The topological polar surface area (TPSA) is 84.2 Å². The van der Waals surface area contributed by atoms with Gasteiger partial charge in [0.05, 0.1) is 16.6 Å². The van der Waals surface area contributed by atoms with Crippen LogP contribution in [0.1, 0.15) is 30.1 Å². The second-order valence-corrected chi connectivity index (χ2v) is 4.57. The number of halogens is 1. The van der Waals surface area contributed by atoms with Crippen molar-refractivity contribution in [1.29, 1.82) is 0 Å². The average Bonchev–Trinajstić information content (AvgIpc) is 2.40. The fourth-order valence-electron chi connectivity index (χ4n) is 1.59. The minimum atomic E-state index is -0.552. The number of anilines is 1. The molecule has 0 radical (unpaired) electrons. The van der Waals surface area contributed by atoms with E-state index in [0.717, 1.165) is 6.42 Å². The Kier molecular flexibility index (Phi) is 5.79. The van der Waals surface area contributed by atoms with E-state index in [-0.39, 0.29) is 11.8 Å². The van der Waals surface area contributed by atoms with Crippen LogP contribution in [0.15, 0.2) is 18.2 Å². The molecule has 2 amide bonds. The first kappa shape index (κ1) is 15.5. The molecule has 1 aromatic rings. The number of hydrogen-bond acceptors (Lipinski definition) is 3. The van der Waals surface area contributed by atoms with Crippen molar-refractivity contribution in [3.63, 3.8) is 0 Å². The van der Waals surface area contributed by atoms with Crippen LogP contribution in [0, 0.1) is 0 Å². The zero-order valence-electron chi connectivity index (χ0n) is 11.0. The Morgan fingerprint density at radius 1 is 1.42 bits per heavy atom. The van der Waals surface area contributed by atoms with E-state index in [0.29, 0.717) is 22.7 Å². The highest BCUT2D eigenvalue weighted by molar-refractivity contribution is 6.34. The Morgan fingerprint density at radius 2 is 2.11 bits per heavy atom. The Bertz CT molecular complexity index is 477. The van der Waals surface area contributed by atoms with Crippen LogP contribution >= 0.6 is 11.6 Å². The molecule has 6 heteroatoms. The van der Waals surface area contributed by atoms with E-state index in [1.165, 1.54) is 13.1 Å². The van der Waals surface area contributed by atoms with E-state index in [1.54, 1.807) is 12.1 Å². The maximum Gasteiger partial charge on any atom is 0.252 e. The van der Waals surface area contributed by atoms with Gasteiger partial charge in [0.25, 0.3) is 5.91 Å². The van der Waals surface area contributed by atoms with Gasteiger partial charge in [-0.1, -0.05) is 24.9 Å². The number of hydrogen-bond donors (Lipinski definition) is 3. The van der Waals surface area contributed by atoms with E-state index < -0.39 is 6.04 Å². The van der Waals surface area contributed by atoms with Crippen molar-refractivity contribution in [2.45, 2.75) is 25.8 Å². The second-order valence-electron chi connectivity index (χ2n) is 4.16. The van der Waals surface area contributed by atoms with Crippen LogP contribution < -0.4 is 16.4 Å². The predicted molar refractivity (Wildman–Crippen MR) is 76.4 cm³/mol. The third kappa shape index (κ3) is 4.22. The summed E-state index contributed by atoms with van der Waals surface area (Å²) in [6.45, 7) is 1.96. The number of carbonyl (C=O) groups excluding carboxylic acids is 2. The summed E-state index contributed by atoms with van der Waals surface area (Å²) < 4.78 is 0. The molecule has 0 saturated carbocycles. The summed E-state index contributed by atoms with van der Waals surface area (Å²) in [5.41, 5.74) is 6.52. The van der Waals surface area contributed by atoms with Gasteiger partial charge in [-0.25, -0.2) is 0 Å². The van der Waals surface area contributed by atoms with Crippen molar-refractivity contribution in [3.8, 4) is 0 Å². The Morgan fingerprint density at radius 3 is 2.68 bits per heavy atom. The molecular formula is C13H18ClN3O2. The molecule has 1 atom stereocenters. The van der Waals surface area contributed by atoms with Gasteiger partial charge in [0.15, 0.2) is 0 Å². The normalized spacial score (nSPS) is 11.8. The third-order valence-corrected chi connectivity index (χ3v) is 2.97. The SMILES string of the molecule is CCCC(N)C(=O)Nc1ccc(Cl)c(C(=O)NC)c1. The highest BCUT2D eigenvalue weighted by atomic mass is 35.5. The first-order chi connectivity index (χ1) is 8.99. The van der Waals surface area contributed by atoms with Gasteiger partial charge in [-0.3, -0.25) is 9.59 Å². The van der Waals surface area contributed by atoms with Gasteiger partial charge in [-0.2, -0.15) is 0 Å². The van der Waals surface area contributed by atoms with Gasteiger partial charge in [-0.15, -0.1) is 0 Å². The van der Waals surface area contributed by atoms with Crippen molar-refractivity contribution in [2.75, 3.05) is 12.4 Å². The highest BCUT2D eigenvalue weighted by Gasteiger charge is 2.14. The van der Waals surface area contributed by atoms with Gasteiger partial charge >= 0.3 is 0 Å². The molecule has 19 heavy (non-hydrogen) atoms. The summed E-state index contributed by atoms with van der Waals surface area (Å²) in [5.74, 6) is -0.578. The molecule has 0 aliphatic rings. The molecule has 1 aromatic carbocycles. The van der Waals surface area contributed by atoms with Crippen molar-refractivity contribution < 1.29 is 9.59 Å². The summed E-state index contributed by atoms with van der Waals surface area (Å²) in [5, 5.41) is 5.48. The summed E-state index contributed by atoms with van der Waals surface area (Å²) in [4.78, 5) is 23.3. The lowest BCUT2D eigenvalue weighted by atomic mass is 10.1. The van der Waals surface area contributed by atoms with Gasteiger partial charge in [0.2, 0.25) is 5.91 Å². The Labute approximate surface area is 117 Å². The largest absolute Gasteiger partial charge is 0.355 e. The molecule has 104 valence electrons. The quantitative estimate of drug-likeness (QED) is 0.770. The molecule has 0 saturated heterocycles. The first-order valence-electron chi connectivity index (χ1n) is 6.07. The van der Waals surface area contributed by atoms with Crippen molar-refractivity contribution in [1.82, 2.24) is 5.32 Å². The van der Waals surface area contributed by atoms with Crippen molar-refractivity contribution in [3.05, 3.63) is 28.8 Å². The molecule has 0 aromatic heterocycles. The van der Waals surface area contributed by atoms with Gasteiger partial charge in [0.1, 0.15) is 0 Å². The van der Waals surface area contributed by atoms with Crippen LogP contribution in [-0.2, 0) is 4.79 Å². The maximum atomic E-state index is 11.8. The van der Waals surface area contributed by atoms with Crippen molar-refractivity contribution in [2.24, 2.45) is 5.73 Å². The van der Waals surface area contributed by atoms with Gasteiger partial charge in [-0.05, 0) is 24.6 Å². The van der Waals surface area contributed by atoms with E-state index in [4.69, 9.17) is 17.3 Å². The molecule has 0 spiro atoms. The van der Waals surface area contributed by atoms with E-state index in [1.807, 2.05) is 6.92 Å². The smallest absolute Gasteiger partial charge is 0.252 e. The molecule has 0 heterocycles. The average molecular weight is 284 g/mol. The Balaban J connectivity index is 2.85. The number of rotatable bonds is 5. The van der Waals surface area contributed by atoms with Crippen molar-refractivity contribution >= 4 is 29.1 Å². The second kappa shape index (κ2) is 7.11. The lowest BCUT2D eigenvalue weighted by Gasteiger charge is -2.12. The molecular weight excluding hydrogens is 266 g/mol. The molecule has 1 rings (SSSR count). The number of benzene rings is 1. The molecule has 0 aliphatic heterocycles. The van der Waals surface area contributed by atoms with E-state index >= 15 is 0 Å². The highest BCUT2D eigenvalue weighted by Crippen LogP contribution is 2.20. The zero-order valence-corrected chi connectivity index (χ0v) is 11.8. The van der Waals surface area contributed by atoms with Crippen LogP contribution in [-0.4, -0.2) is 24.9 Å². The lowest BCUT2D eigenvalue weighted by molar-refractivity contribution is -0.117. The summed E-state index contributed by atoms with van der Waals surface area (Å²) in [6, 6.07) is 4.17. The monoisotopic (exact) mass is 283 g/mol. The fourth-order valence-corrected chi connectivity index (χ4v) is 1.79. The molecule has 1 unspecified atom stereocenters. The first-order valence-corrected chi connectivity index (χ1v) is 6.45. The van der Waals surface area contributed by atoms with E-state index in [9.17, 15) is 9.59 Å². The zero-order chi connectivity index (χ0) is 14.4. The van der Waals surface area contributed by atoms with Crippen LogP contribution in [0.4, 0.5) is 5.69 Å². The minimum absolute atomic E-state index is 0.271. The molecule has 0 bridgehead atoms. The van der Waals surface area contributed by atoms with Gasteiger partial charge in [0, 0.05) is 12.7 Å². The number of amides is 2. The van der Waals surface area contributed by atoms with Crippen LogP contribution in [0.3, 0.4) is 0 Å². The minimum Gasteiger partial charge on any atom is -0.355 e. The summed E-state index contributed by atoms with van der Waals surface area (Å²) in [7, 11) is 1.51.